The zero-order chi connectivity index (χ0) is 21.2. The SMILES string of the molecule is CC[C@H]1CC2C(CCC3(C)C2CCC3[C@H](C)C(C)(C)C(C)C)C2(C)CCCCC12. The smallest absolute Gasteiger partial charge is 0.0264 e. The van der Waals surface area contributed by atoms with Crippen molar-refractivity contribution in [3.8, 4) is 0 Å². The summed E-state index contributed by atoms with van der Waals surface area (Å²) in [5.41, 5.74) is 1.74. The summed E-state index contributed by atoms with van der Waals surface area (Å²) in [5.74, 6) is 7.73. The molecule has 0 aliphatic heterocycles. The van der Waals surface area contributed by atoms with Crippen molar-refractivity contribution < 1.29 is 0 Å². The molecule has 0 amide bonds. The first-order valence-electron chi connectivity index (χ1n) is 13.6. The van der Waals surface area contributed by atoms with Crippen LogP contribution >= 0.6 is 0 Å². The van der Waals surface area contributed by atoms with E-state index in [4.69, 9.17) is 0 Å². The molecule has 9 atom stereocenters. The van der Waals surface area contributed by atoms with Gasteiger partial charge in [-0.1, -0.05) is 74.7 Å². The molecule has 0 saturated heterocycles. The van der Waals surface area contributed by atoms with Gasteiger partial charge in [-0.15, -0.1) is 0 Å². The van der Waals surface area contributed by atoms with Gasteiger partial charge in [0.25, 0.3) is 0 Å². The molecule has 0 heteroatoms. The Morgan fingerprint density at radius 2 is 1.52 bits per heavy atom. The van der Waals surface area contributed by atoms with Crippen LogP contribution in [0.3, 0.4) is 0 Å². The third-order valence-electron chi connectivity index (χ3n) is 12.6. The minimum absolute atomic E-state index is 0.457. The van der Waals surface area contributed by atoms with Crippen LogP contribution in [0, 0.1) is 63.6 Å². The third kappa shape index (κ3) is 3.19. The molecule has 0 aromatic heterocycles. The lowest BCUT2D eigenvalue weighted by molar-refractivity contribution is -0.141. The number of hydrogen-bond acceptors (Lipinski definition) is 0. The molecule has 0 N–H and O–H groups in total. The molecule has 0 radical (unpaired) electrons. The maximum absolute atomic E-state index is 2.76. The monoisotopic (exact) mass is 400 g/mol. The Morgan fingerprint density at radius 3 is 2.17 bits per heavy atom. The largest absolute Gasteiger partial charge is 0.0651 e. The summed E-state index contributed by atoms with van der Waals surface area (Å²) in [4.78, 5) is 0. The minimum atomic E-state index is 0.457. The van der Waals surface area contributed by atoms with Gasteiger partial charge in [-0.05, 0) is 109 Å². The van der Waals surface area contributed by atoms with Gasteiger partial charge in [0.2, 0.25) is 0 Å². The Morgan fingerprint density at radius 1 is 0.828 bits per heavy atom. The van der Waals surface area contributed by atoms with Crippen molar-refractivity contribution in [1.29, 1.82) is 0 Å². The Hall–Kier alpha value is 0. The van der Waals surface area contributed by atoms with E-state index < -0.39 is 0 Å². The second kappa shape index (κ2) is 7.55. The molecule has 0 bridgehead atoms. The Kier molecular flexibility index (Phi) is 5.78. The summed E-state index contributed by atoms with van der Waals surface area (Å²) in [6.45, 7) is 20.7. The highest BCUT2D eigenvalue weighted by Crippen LogP contribution is 2.70. The summed E-state index contributed by atoms with van der Waals surface area (Å²) in [5, 5.41) is 0. The van der Waals surface area contributed by atoms with E-state index in [1.165, 1.54) is 38.5 Å². The fourth-order valence-corrected chi connectivity index (χ4v) is 9.93. The lowest BCUT2D eigenvalue weighted by atomic mass is 9.42. The van der Waals surface area contributed by atoms with Crippen molar-refractivity contribution in [1.82, 2.24) is 0 Å². The van der Waals surface area contributed by atoms with Gasteiger partial charge in [0.05, 0.1) is 0 Å². The van der Waals surface area contributed by atoms with Crippen LogP contribution in [0.1, 0.15) is 120 Å². The quantitative estimate of drug-likeness (QED) is 0.441. The first-order chi connectivity index (χ1) is 13.6. The average molecular weight is 401 g/mol. The first kappa shape index (κ1) is 22.2. The van der Waals surface area contributed by atoms with Gasteiger partial charge in [0, 0.05) is 0 Å². The second-order valence-corrected chi connectivity index (χ2v) is 13.6. The van der Waals surface area contributed by atoms with Crippen LogP contribution in [-0.2, 0) is 0 Å². The Bertz CT molecular complexity index is 587. The van der Waals surface area contributed by atoms with Gasteiger partial charge in [-0.2, -0.15) is 0 Å². The molecule has 4 aliphatic carbocycles. The lowest BCUT2D eigenvalue weighted by Gasteiger charge is -2.63. The van der Waals surface area contributed by atoms with Gasteiger partial charge in [-0.3, -0.25) is 0 Å². The summed E-state index contributed by atoms with van der Waals surface area (Å²) in [7, 11) is 0. The number of hydrogen-bond donors (Lipinski definition) is 0. The Labute approximate surface area is 183 Å². The van der Waals surface area contributed by atoms with Crippen molar-refractivity contribution in [3.63, 3.8) is 0 Å². The number of rotatable bonds is 4. The van der Waals surface area contributed by atoms with Crippen LogP contribution in [0.25, 0.3) is 0 Å². The molecule has 0 heterocycles. The predicted octanol–water partition coefficient (Wildman–Crippen LogP) is 8.99. The molecular weight excluding hydrogens is 348 g/mol. The van der Waals surface area contributed by atoms with E-state index in [1.807, 2.05) is 0 Å². The fraction of sp³-hybridized carbons (Fsp3) is 1.00. The highest BCUT2D eigenvalue weighted by Gasteiger charge is 2.62. The molecule has 0 aromatic carbocycles. The van der Waals surface area contributed by atoms with Gasteiger partial charge >= 0.3 is 0 Å². The van der Waals surface area contributed by atoms with E-state index in [9.17, 15) is 0 Å². The topological polar surface area (TPSA) is 0 Å². The molecule has 4 saturated carbocycles. The molecule has 29 heavy (non-hydrogen) atoms. The van der Waals surface area contributed by atoms with Crippen LogP contribution < -0.4 is 0 Å². The molecule has 0 spiro atoms. The van der Waals surface area contributed by atoms with E-state index in [1.54, 1.807) is 25.7 Å². The lowest BCUT2D eigenvalue weighted by Crippen LogP contribution is -2.56. The van der Waals surface area contributed by atoms with Crippen LogP contribution in [0.15, 0.2) is 0 Å². The highest BCUT2D eigenvalue weighted by molar-refractivity contribution is 5.11. The van der Waals surface area contributed by atoms with Gasteiger partial charge in [0.15, 0.2) is 0 Å². The van der Waals surface area contributed by atoms with E-state index >= 15 is 0 Å². The maximum Gasteiger partial charge on any atom is -0.0264 e. The van der Waals surface area contributed by atoms with Crippen molar-refractivity contribution in [2.45, 2.75) is 120 Å². The molecule has 168 valence electrons. The fourth-order valence-electron chi connectivity index (χ4n) is 9.93. The maximum atomic E-state index is 2.76. The average Bonchev–Trinajstić information content (AvgIpc) is 3.03. The molecule has 0 aromatic rings. The van der Waals surface area contributed by atoms with Crippen molar-refractivity contribution in [2.24, 2.45) is 63.6 Å². The van der Waals surface area contributed by atoms with E-state index in [-0.39, 0.29) is 0 Å². The highest BCUT2D eigenvalue weighted by atomic mass is 14.7. The van der Waals surface area contributed by atoms with E-state index in [2.05, 4.69) is 55.4 Å². The van der Waals surface area contributed by atoms with E-state index in [0.29, 0.717) is 16.2 Å². The zero-order valence-corrected chi connectivity index (χ0v) is 21.2. The summed E-state index contributed by atoms with van der Waals surface area (Å²) in [6, 6.07) is 0. The van der Waals surface area contributed by atoms with Gasteiger partial charge < -0.3 is 0 Å². The number of fused-ring (bicyclic) bond motifs is 5. The standard InChI is InChI=1S/C29H52/c1-9-21-18-22-25-14-13-23(20(4)27(5,6)19(2)3)29(25,8)17-15-26(22)28(7)16-11-10-12-24(21)28/h19-26H,9-18H2,1-8H3/t20-,21-,22?,23?,24?,25?,26?,28?,29?/m0/s1. The first-order valence-corrected chi connectivity index (χ1v) is 13.6. The van der Waals surface area contributed by atoms with Crippen LogP contribution in [0.4, 0.5) is 0 Å². The van der Waals surface area contributed by atoms with Crippen molar-refractivity contribution >= 4 is 0 Å². The molecular formula is C29H52. The van der Waals surface area contributed by atoms with Crippen molar-refractivity contribution in [3.05, 3.63) is 0 Å². The molecule has 7 unspecified atom stereocenters. The third-order valence-corrected chi connectivity index (χ3v) is 12.6. The molecule has 4 fully saturated rings. The minimum Gasteiger partial charge on any atom is -0.0651 e. The summed E-state index contributed by atoms with van der Waals surface area (Å²) >= 11 is 0. The van der Waals surface area contributed by atoms with Crippen LogP contribution in [0.2, 0.25) is 0 Å². The van der Waals surface area contributed by atoms with Crippen molar-refractivity contribution in [2.75, 3.05) is 0 Å². The zero-order valence-electron chi connectivity index (χ0n) is 21.2. The summed E-state index contributed by atoms with van der Waals surface area (Å²) in [6.07, 6.45) is 15.3. The summed E-state index contributed by atoms with van der Waals surface area (Å²) < 4.78 is 0. The van der Waals surface area contributed by atoms with E-state index in [0.717, 1.165) is 47.3 Å². The van der Waals surface area contributed by atoms with Gasteiger partial charge in [0.1, 0.15) is 0 Å². The van der Waals surface area contributed by atoms with Crippen LogP contribution in [0.5, 0.6) is 0 Å². The second-order valence-electron chi connectivity index (χ2n) is 13.6. The molecule has 4 aliphatic rings. The molecule has 0 nitrogen and oxygen atoms in total. The van der Waals surface area contributed by atoms with Gasteiger partial charge in [-0.25, -0.2) is 0 Å². The van der Waals surface area contributed by atoms with Crippen LogP contribution in [-0.4, -0.2) is 0 Å². The normalized spacial score (nSPS) is 48.7. The molecule has 4 rings (SSSR count). The predicted molar refractivity (Wildman–Crippen MR) is 127 cm³/mol. The Balaban J connectivity index is 1.62.